The maximum atomic E-state index is 13.3. The van der Waals surface area contributed by atoms with Crippen LogP contribution in [-0.4, -0.2) is 34.4 Å². The van der Waals surface area contributed by atoms with Crippen molar-refractivity contribution in [1.82, 2.24) is 4.90 Å². The minimum Gasteiger partial charge on any atom is -0.282 e. The number of halogens is 1. The number of carbonyl (C=O) groups excluding carboxylic acids is 2. The molecule has 2 aromatic carbocycles. The van der Waals surface area contributed by atoms with E-state index in [4.69, 9.17) is 11.6 Å². The smallest absolute Gasteiger partial charge is 0.239 e. The first kappa shape index (κ1) is 16.4. The van der Waals surface area contributed by atoms with E-state index in [2.05, 4.69) is 4.90 Å². The van der Waals surface area contributed by atoms with Gasteiger partial charge in [-0.15, -0.1) is 11.8 Å². The van der Waals surface area contributed by atoms with Gasteiger partial charge in [-0.25, -0.2) is 4.90 Å². The summed E-state index contributed by atoms with van der Waals surface area (Å²) in [5, 5.41) is 0.658. The van der Waals surface area contributed by atoms with E-state index in [1.54, 1.807) is 0 Å². The number of rotatable bonds is 2. The van der Waals surface area contributed by atoms with Gasteiger partial charge in [0, 0.05) is 28.7 Å². The van der Waals surface area contributed by atoms with Crippen LogP contribution < -0.4 is 4.90 Å². The van der Waals surface area contributed by atoms with Crippen LogP contribution >= 0.6 is 23.4 Å². The molecule has 3 saturated heterocycles. The fourth-order valence-corrected chi connectivity index (χ4v) is 6.15. The van der Waals surface area contributed by atoms with Crippen LogP contribution in [0.25, 0.3) is 0 Å². The van der Waals surface area contributed by atoms with Crippen molar-refractivity contribution in [3.8, 4) is 0 Å². The average Bonchev–Trinajstić information content (AvgIpc) is 3.28. The minimum atomic E-state index is -0.341. The van der Waals surface area contributed by atoms with Crippen molar-refractivity contribution in [2.75, 3.05) is 16.5 Å². The highest BCUT2D eigenvalue weighted by molar-refractivity contribution is 7.99. The lowest BCUT2D eigenvalue weighted by atomic mass is 9.87. The fourth-order valence-electron chi connectivity index (χ4n) is 4.64. The Kier molecular flexibility index (Phi) is 3.85. The van der Waals surface area contributed by atoms with Crippen molar-refractivity contribution >= 4 is 40.9 Å². The molecule has 4 atom stereocenters. The molecule has 0 saturated carbocycles. The van der Waals surface area contributed by atoms with Crippen molar-refractivity contribution in [3.63, 3.8) is 0 Å². The first-order chi connectivity index (χ1) is 12.7. The molecule has 132 valence electrons. The van der Waals surface area contributed by atoms with Crippen LogP contribution in [0.3, 0.4) is 0 Å². The summed E-state index contributed by atoms with van der Waals surface area (Å²) in [6.07, 6.45) is 0. The number of hydrogen-bond donors (Lipinski definition) is 0. The molecule has 3 heterocycles. The Morgan fingerprint density at radius 3 is 2.50 bits per heavy atom. The first-order valence-electron chi connectivity index (χ1n) is 8.68. The number of hydrogen-bond acceptors (Lipinski definition) is 4. The van der Waals surface area contributed by atoms with E-state index in [0.29, 0.717) is 10.7 Å². The van der Waals surface area contributed by atoms with Crippen LogP contribution in [0.15, 0.2) is 54.6 Å². The number of carbonyl (C=O) groups is 2. The number of thioether (sulfide) groups is 1. The lowest BCUT2D eigenvalue weighted by Crippen LogP contribution is -2.40. The topological polar surface area (TPSA) is 40.6 Å². The first-order valence-corrected chi connectivity index (χ1v) is 10.2. The van der Waals surface area contributed by atoms with Crippen LogP contribution in [0.4, 0.5) is 5.69 Å². The molecule has 0 aromatic heterocycles. The summed E-state index contributed by atoms with van der Waals surface area (Å²) in [7, 11) is 0. The summed E-state index contributed by atoms with van der Waals surface area (Å²) in [5.41, 5.74) is 1.69. The molecule has 5 rings (SSSR count). The number of fused-ring (bicyclic) bond motifs is 3. The molecule has 26 heavy (non-hydrogen) atoms. The minimum absolute atomic E-state index is 0.0618. The van der Waals surface area contributed by atoms with E-state index in [0.717, 1.165) is 17.2 Å². The van der Waals surface area contributed by atoms with Gasteiger partial charge in [0.15, 0.2) is 0 Å². The molecule has 4 nitrogen and oxygen atoms in total. The van der Waals surface area contributed by atoms with Gasteiger partial charge in [-0.05, 0) is 29.8 Å². The quantitative estimate of drug-likeness (QED) is 0.742. The largest absolute Gasteiger partial charge is 0.282 e. The van der Waals surface area contributed by atoms with Crippen LogP contribution in [-0.2, 0) is 9.59 Å². The van der Waals surface area contributed by atoms with Crippen LogP contribution in [0, 0.1) is 11.8 Å². The van der Waals surface area contributed by atoms with Crippen LogP contribution in [0.5, 0.6) is 0 Å². The highest BCUT2D eigenvalue weighted by Gasteiger charge is 2.63. The molecule has 0 bridgehead atoms. The molecule has 2 amide bonds. The second-order valence-corrected chi connectivity index (χ2v) is 8.42. The Morgan fingerprint density at radius 2 is 1.73 bits per heavy atom. The monoisotopic (exact) mass is 384 g/mol. The molecule has 0 spiro atoms. The SMILES string of the molecule is O=C1[C@@H]2[C@H](C(=O)N1c1ccccc1)[C@@H](c1cccc(Cl)c1)N1CSC[C@H]21. The summed E-state index contributed by atoms with van der Waals surface area (Å²) >= 11 is 8.04. The number of imide groups is 1. The predicted molar refractivity (Wildman–Crippen MR) is 103 cm³/mol. The van der Waals surface area contributed by atoms with E-state index in [9.17, 15) is 9.59 Å². The van der Waals surface area contributed by atoms with Crippen molar-refractivity contribution in [2.45, 2.75) is 12.1 Å². The van der Waals surface area contributed by atoms with E-state index in [1.807, 2.05) is 66.4 Å². The molecule has 3 fully saturated rings. The molecule has 3 aliphatic heterocycles. The van der Waals surface area contributed by atoms with E-state index in [1.165, 1.54) is 4.90 Å². The molecule has 2 aromatic rings. The third kappa shape index (κ3) is 2.27. The summed E-state index contributed by atoms with van der Waals surface area (Å²) in [4.78, 5) is 30.3. The van der Waals surface area contributed by atoms with Gasteiger partial charge in [-0.2, -0.15) is 0 Å². The third-order valence-corrected chi connectivity index (χ3v) is 6.96. The molecule has 0 radical (unpaired) electrons. The second-order valence-electron chi connectivity index (χ2n) is 6.98. The highest BCUT2D eigenvalue weighted by atomic mass is 35.5. The Labute approximate surface area is 161 Å². The van der Waals surface area contributed by atoms with Gasteiger partial charge in [0.05, 0.1) is 17.5 Å². The summed E-state index contributed by atoms with van der Waals surface area (Å²) < 4.78 is 0. The number of anilines is 1. The Hall–Kier alpha value is -1.82. The number of para-hydroxylation sites is 1. The molecule has 0 N–H and O–H groups in total. The lowest BCUT2D eigenvalue weighted by Gasteiger charge is -2.28. The zero-order valence-corrected chi connectivity index (χ0v) is 15.5. The molecule has 0 unspecified atom stereocenters. The Balaban J connectivity index is 1.60. The molecule has 0 aliphatic carbocycles. The Bertz CT molecular complexity index is 890. The fraction of sp³-hybridized carbons (Fsp3) is 0.300. The number of amides is 2. The van der Waals surface area contributed by atoms with Gasteiger partial charge in [-0.1, -0.05) is 41.9 Å². The molecule has 6 heteroatoms. The van der Waals surface area contributed by atoms with Crippen LogP contribution in [0.2, 0.25) is 5.02 Å². The van der Waals surface area contributed by atoms with Crippen molar-refractivity contribution < 1.29 is 9.59 Å². The van der Waals surface area contributed by atoms with Gasteiger partial charge in [0.1, 0.15) is 0 Å². The van der Waals surface area contributed by atoms with E-state index in [-0.39, 0.29) is 35.7 Å². The lowest BCUT2D eigenvalue weighted by molar-refractivity contribution is -0.123. The standard InChI is InChI=1S/C20H17ClN2O2S/c21-13-6-4-5-12(9-13)18-17-16(15-10-26-11-22(15)18)19(24)23(20(17)25)14-7-2-1-3-8-14/h1-9,15-18H,10-11H2/t15-,16+,17+,18-/m1/s1. The van der Waals surface area contributed by atoms with Gasteiger partial charge in [0.2, 0.25) is 11.8 Å². The number of benzene rings is 2. The van der Waals surface area contributed by atoms with Crippen molar-refractivity contribution in [1.29, 1.82) is 0 Å². The highest BCUT2D eigenvalue weighted by Crippen LogP contribution is 2.54. The van der Waals surface area contributed by atoms with Gasteiger partial charge >= 0.3 is 0 Å². The normalized spacial score (nSPS) is 30.7. The van der Waals surface area contributed by atoms with Crippen molar-refractivity contribution in [2.24, 2.45) is 11.8 Å². The maximum absolute atomic E-state index is 13.3. The summed E-state index contributed by atoms with van der Waals surface area (Å²) in [6, 6.07) is 17.0. The molecular weight excluding hydrogens is 368 g/mol. The van der Waals surface area contributed by atoms with Gasteiger partial charge in [-0.3, -0.25) is 14.5 Å². The Morgan fingerprint density at radius 1 is 0.962 bits per heavy atom. The zero-order valence-electron chi connectivity index (χ0n) is 13.9. The van der Waals surface area contributed by atoms with Gasteiger partial charge < -0.3 is 0 Å². The average molecular weight is 385 g/mol. The number of nitrogens with zero attached hydrogens (tertiary/aromatic N) is 2. The summed E-state index contributed by atoms with van der Waals surface area (Å²) in [5.74, 6) is 0.971. The molecule has 3 aliphatic rings. The zero-order chi connectivity index (χ0) is 17.8. The maximum Gasteiger partial charge on any atom is 0.239 e. The molecular formula is C20H17ClN2O2S. The second kappa shape index (κ2) is 6.12. The van der Waals surface area contributed by atoms with E-state index >= 15 is 0 Å². The van der Waals surface area contributed by atoms with Gasteiger partial charge in [0.25, 0.3) is 0 Å². The predicted octanol–water partition coefficient (Wildman–Crippen LogP) is 3.58. The summed E-state index contributed by atoms with van der Waals surface area (Å²) in [6.45, 7) is 0. The van der Waals surface area contributed by atoms with Crippen LogP contribution in [0.1, 0.15) is 11.6 Å². The van der Waals surface area contributed by atoms with E-state index < -0.39 is 0 Å². The van der Waals surface area contributed by atoms with Crippen molar-refractivity contribution in [3.05, 3.63) is 65.2 Å². The third-order valence-electron chi connectivity index (χ3n) is 5.67.